The summed E-state index contributed by atoms with van der Waals surface area (Å²) in [7, 11) is 3.07. The molecular weight excluding hydrogens is 574 g/mol. The molecule has 0 spiro atoms. The largest absolute Gasteiger partial charge is 0.497 e. The number of hydrogen-bond acceptors (Lipinski definition) is 10. The number of aromatic nitrogens is 1. The molecule has 0 unspecified atom stereocenters. The highest BCUT2D eigenvalue weighted by molar-refractivity contribution is 7.07. The predicted octanol–water partition coefficient (Wildman–Crippen LogP) is 2.05. The van der Waals surface area contributed by atoms with Crippen molar-refractivity contribution in [3.8, 4) is 17.2 Å². The van der Waals surface area contributed by atoms with Crippen LogP contribution in [-0.2, 0) is 19.1 Å². The molecule has 2 aromatic carbocycles. The molecule has 3 aromatic rings. The molecule has 3 heterocycles. The van der Waals surface area contributed by atoms with Crippen molar-refractivity contribution in [3.05, 3.63) is 84.5 Å². The molecule has 1 saturated heterocycles. The summed E-state index contributed by atoms with van der Waals surface area (Å²) in [6, 6.07) is 11.7. The fourth-order valence-electron chi connectivity index (χ4n) is 5.01. The molecule has 1 aromatic heterocycles. The number of carbonyl (C=O) groups is 2. The summed E-state index contributed by atoms with van der Waals surface area (Å²) in [5.41, 5.74) is 1.85. The van der Waals surface area contributed by atoms with E-state index in [0.717, 1.165) is 0 Å². The number of rotatable bonds is 9. The summed E-state index contributed by atoms with van der Waals surface area (Å²) in [4.78, 5) is 46.3. The highest BCUT2D eigenvalue weighted by Crippen LogP contribution is 2.32. The van der Waals surface area contributed by atoms with Crippen molar-refractivity contribution in [2.45, 2.75) is 19.9 Å². The maximum atomic E-state index is 13.9. The van der Waals surface area contributed by atoms with Gasteiger partial charge in [0.2, 0.25) is 0 Å². The van der Waals surface area contributed by atoms with E-state index in [1.165, 1.54) is 23.0 Å². The summed E-state index contributed by atoms with van der Waals surface area (Å²) < 4.78 is 29.3. The van der Waals surface area contributed by atoms with Crippen LogP contribution in [0.15, 0.2) is 63.5 Å². The van der Waals surface area contributed by atoms with Gasteiger partial charge in [0.05, 0.1) is 55.9 Å². The fourth-order valence-corrected chi connectivity index (χ4v) is 6.05. The number of ether oxygens (including phenoxy) is 5. The molecule has 1 amide bonds. The van der Waals surface area contributed by atoms with E-state index >= 15 is 0 Å². The van der Waals surface area contributed by atoms with Crippen molar-refractivity contribution < 1.29 is 33.3 Å². The van der Waals surface area contributed by atoms with Gasteiger partial charge in [0.15, 0.2) is 22.9 Å². The standard InChI is InChI=1S/C31H33N3O8S/c1-5-41-30(37)27-19(2)32-31-34(28(27)21-7-6-8-22(17-21)38-3)29(36)25(43-31)16-20-9-10-23(24(15-20)39-4)42-18-26(35)33-11-13-40-14-12-33/h6-10,15-17,28H,5,11-14,18H2,1-4H3/b25-16+/t28-/m0/s1. The Morgan fingerprint density at radius 2 is 1.88 bits per heavy atom. The zero-order valence-corrected chi connectivity index (χ0v) is 25.3. The van der Waals surface area contributed by atoms with Gasteiger partial charge in [-0.3, -0.25) is 14.2 Å². The lowest BCUT2D eigenvalue weighted by Crippen LogP contribution is -2.43. The maximum Gasteiger partial charge on any atom is 0.338 e. The van der Waals surface area contributed by atoms with Crippen LogP contribution in [0, 0.1) is 0 Å². The van der Waals surface area contributed by atoms with Crippen LogP contribution in [0.3, 0.4) is 0 Å². The lowest BCUT2D eigenvalue weighted by molar-refractivity contribution is -0.139. The third-order valence-electron chi connectivity index (χ3n) is 7.13. The van der Waals surface area contributed by atoms with E-state index in [1.54, 1.807) is 62.3 Å². The van der Waals surface area contributed by atoms with Crippen molar-refractivity contribution in [1.29, 1.82) is 0 Å². The van der Waals surface area contributed by atoms with Crippen LogP contribution in [0.4, 0.5) is 0 Å². The molecule has 1 fully saturated rings. The average molecular weight is 608 g/mol. The lowest BCUT2D eigenvalue weighted by Gasteiger charge is -2.26. The van der Waals surface area contributed by atoms with Gasteiger partial charge in [-0.25, -0.2) is 9.79 Å². The van der Waals surface area contributed by atoms with E-state index in [2.05, 4.69) is 4.99 Å². The zero-order chi connectivity index (χ0) is 30.5. The molecule has 1 atom stereocenters. The predicted molar refractivity (Wildman–Crippen MR) is 159 cm³/mol. The molecule has 11 nitrogen and oxygen atoms in total. The van der Waals surface area contributed by atoms with Gasteiger partial charge < -0.3 is 28.6 Å². The minimum Gasteiger partial charge on any atom is -0.497 e. The molecule has 0 aliphatic carbocycles. The minimum absolute atomic E-state index is 0.124. The van der Waals surface area contributed by atoms with E-state index in [1.807, 2.05) is 12.1 Å². The van der Waals surface area contributed by atoms with Crippen LogP contribution >= 0.6 is 11.3 Å². The Hall–Kier alpha value is -4.42. The molecule has 2 aliphatic heterocycles. The molecule has 226 valence electrons. The number of benzene rings is 2. The highest BCUT2D eigenvalue weighted by atomic mass is 32.1. The third kappa shape index (κ3) is 6.35. The van der Waals surface area contributed by atoms with Gasteiger partial charge in [-0.2, -0.15) is 0 Å². The van der Waals surface area contributed by atoms with Gasteiger partial charge in [0.1, 0.15) is 5.75 Å². The van der Waals surface area contributed by atoms with Crippen molar-refractivity contribution in [2.75, 3.05) is 53.7 Å². The second kappa shape index (κ2) is 13.3. The lowest BCUT2D eigenvalue weighted by atomic mass is 9.95. The van der Waals surface area contributed by atoms with E-state index in [-0.39, 0.29) is 24.7 Å². The Balaban J connectivity index is 1.50. The van der Waals surface area contributed by atoms with Crippen LogP contribution in [0.25, 0.3) is 6.08 Å². The number of allylic oxidation sites excluding steroid dienone is 1. The van der Waals surface area contributed by atoms with Crippen molar-refractivity contribution >= 4 is 29.3 Å². The Morgan fingerprint density at radius 3 is 2.60 bits per heavy atom. The van der Waals surface area contributed by atoms with E-state index in [9.17, 15) is 14.4 Å². The van der Waals surface area contributed by atoms with Gasteiger partial charge in [-0.15, -0.1) is 0 Å². The Labute approximate surface area is 252 Å². The first-order chi connectivity index (χ1) is 20.8. The Morgan fingerprint density at radius 1 is 1.09 bits per heavy atom. The van der Waals surface area contributed by atoms with Crippen LogP contribution in [0.5, 0.6) is 17.2 Å². The number of hydrogen-bond donors (Lipinski definition) is 0. The van der Waals surface area contributed by atoms with Crippen LogP contribution in [0.2, 0.25) is 0 Å². The van der Waals surface area contributed by atoms with Crippen molar-refractivity contribution in [1.82, 2.24) is 9.47 Å². The summed E-state index contributed by atoms with van der Waals surface area (Å²) in [6.07, 6.45) is 1.74. The first-order valence-corrected chi connectivity index (χ1v) is 14.7. The number of nitrogens with zero attached hydrogens (tertiary/aromatic N) is 3. The Bertz CT molecular complexity index is 1740. The molecule has 0 bridgehead atoms. The van der Waals surface area contributed by atoms with E-state index in [0.29, 0.717) is 75.3 Å². The molecule has 43 heavy (non-hydrogen) atoms. The van der Waals surface area contributed by atoms with Crippen LogP contribution < -0.4 is 29.1 Å². The number of esters is 1. The smallest absolute Gasteiger partial charge is 0.338 e. The summed E-state index contributed by atoms with van der Waals surface area (Å²) in [5, 5.41) is 0. The van der Waals surface area contributed by atoms with Gasteiger partial charge in [0.25, 0.3) is 11.5 Å². The zero-order valence-electron chi connectivity index (χ0n) is 24.5. The van der Waals surface area contributed by atoms with Gasteiger partial charge >= 0.3 is 5.97 Å². The van der Waals surface area contributed by atoms with Gasteiger partial charge in [-0.1, -0.05) is 29.5 Å². The highest BCUT2D eigenvalue weighted by Gasteiger charge is 2.33. The van der Waals surface area contributed by atoms with Gasteiger partial charge in [-0.05, 0) is 55.3 Å². The first kappa shape index (κ1) is 30.1. The molecular formula is C31H33N3O8S. The molecule has 5 rings (SSSR count). The second-order valence-corrected chi connectivity index (χ2v) is 10.8. The molecule has 12 heteroatoms. The number of methoxy groups -OCH3 is 2. The topological polar surface area (TPSA) is 118 Å². The summed E-state index contributed by atoms with van der Waals surface area (Å²) in [5.74, 6) is 0.775. The maximum absolute atomic E-state index is 13.9. The average Bonchev–Trinajstić information content (AvgIpc) is 3.33. The van der Waals surface area contributed by atoms with Crippen molar-refractivity contribution in [2.24, 2.45) is 4.99 Å². The molecule has 0 N–H and O–H groups in total. The number of fused-ring (bicyclic) bond motifs is 1. The normalized spacial score (nSPS) is 16.8. The number of amides is 1. The van der Waals surface area contributed by atoms with Gasteiger partial charge in [0, 0.05) is 13.1 Å². The third-order valence-corrected chi connectivity index (χ3v) is 8.11. The number of morpholine rings is 1. The minimum atomic E-state index is -0.748. The SMILES string of the molecule is CCOC(=O)C1=C(C)N=c2s/c(=C/c3ccc(OCC(=O)N4CCOCC4)c(OC)c3)c(=O)n2[C@H]1c1cccc(OC)c1. The second-order valence-electron chi connectivity index (χ2n) is 9.77. The fraction of sp³-hybridized carbons (Fsp3) is 0.355. The molecule has 2 aliphatic rings. The van der Waals surface area contributed by atoms with E-state index in [4.69, 9.17) is 23.7 Å². The van der Waals surface area contributed by atoms with Crippen LogP contribution in [0.1, 0.15) is 31.0 Å². The Kier molecular flexibility index (Phi) is 9.27. The number of carbonyl (C=O) groups excluding carboxylic acids is 2. The van der Waals surface area contributed by atoms with Crippen molar-refractivity contribution in [3.63, 3.8) is 0 Å². The van der Waals surface area contributed by atoms with Crippen LogP contribution in [-0.4, -0.2) is 75.1 Å². The quantitative estimate of drug-likeness (QED) is 0.340. The monoisotopic (exact) mass is 607 g/mol. The summed E-state index contributed by atoms with van der Waals surface area (Å²) in [6.45, 7) is 5.64. The molecule has 0 radical (unpaired) electrons. The van der Waals surface area contributed by atoms with E-state index < -0.39 is 12.0 Å². The first-order valence-electron chi connectivity index (χ1n) is 13.8. The number of thiazole rings is 1. The molecule has 0 saturated carbocycles. The summed E-state index contributed by atoms with van der Waals surface area (Å²) >= 11 is 1.22.